The van der Waals surface area contributed by atoms with Gasteiger partial charge in [-0.1, -0.05) is 71.1 Å². The van der Waals surface area contributed by atoms with Gasteiger partial charge < -0.3 is 18.4 Å². The van der Waals surface area contributed by atoms with E-state index in [2.05, 4.69) is 11.7 Å². The Labute approximate surface area is 252 Å². The van der Waals surface area contributed by atoms with Crippen LogP contribution in [0.1, 0.15) is 99.7 Å². The van der Waals surface area contributed by atoms with Gasteiger partial charge in [-0.05, 0) is 12.8 Å². The maximum absolute atomic E-state index is 11.5. The Kier molecular flexibility index (Phi) is 29.9. The number of ether oxygens (including phenoxy) is 1. The van der Waals surface area contributed by atoms with Crippen LogP contribution in [0.15, 0.2) is 0 Å². The molecule has 0 aromatic heterocycles. The van der Waals surface area contributed by atoms with E-state index in [0.717, 1.165) is 19.3 Å². The summed E-state index contributed by atoms with van der Waals surface area (Å²) in [6.45, 7) is 2.22. The van der Waals surface area contributed by atoms with Crippen molar-refractivity contribution in [1.82, 2.24) is 0 Å². The number of rotatable bonds is 16. The van der Waals surface area contributed by atoms with E-state index in [1.807, 2.05) is 0 Å². The minimum absolute atomic E-state index is 0. The van der Waals surface area contributed by atoms with Gasteiger partial charge in [-0.2, -0.15) is 0 Å². The van der Waals surface area contributed by atoms with Gasteiger partial charge in [0.25, 0.3) is 0 Å². The smallest absolute Gasteiger partial charge is 1.00 e. The van der Waals surface area contributed by atoms with Crippen molar-refractivity contribution in [3.63, 3.8) is 0 Å². The molecule has 0 bridgehead atoms. The number of hydrogen-bond donors (Lipinski definition) is 2. The third kappa shape index (κ3) is 24.0. The zero-order valence-electron chi connectivity index (χ0n) is 19.6. The van der Waals surface area contributed by atoms with Crippen LogP contribution in [0.25, 0.3) is 0 Å². The number of nitrogens with two attached hydrogens (primary N) is 1. The van der Waals surface area contributed by atoms with E-state index >= 15 is 0 Å². The second-order valence-corrected chi connectivity index (χ2v) is 6.62. The van der Waals surface area contributed by atoms with Crippen LogP contribution in [0.3, 0.4) is 0 Å². The maximum atomic E-state index is 11.5. The second kappa shape index (κ2) is 24.1. The van der Waals surface area contributed by atoms with Crippen LogP contribution < -0.4 is 109 Å². The summed E-state index contributed by atoms with van der Waals surface area (Å²) < 4.78 is 4.65. The monoisotopic (exact) mass is 437 g/mol. The fraction of sp³-hybridized carbons (Fsp3) is 0.842. The first-order valence-electron chi connectivity index (χ1n) is 9.69. The van der Waals surface area contributed by atoms with E-state index in [1.54, 1.807) is 0 Å². The van der Waals surface area contributed by atoms with Crippen molar-refractivity contribution in [2.75, 3.05) is 0 Å². The number of carboxylic acids is 1. The van der Waals surface area contributed by atoms with Gasteiger partial charge >= 0.3 is 121 Å². The second-order valence-electron chi connectivity index (χ2n) is 6.62. The number of unbranched alkanes of at least 4 members (excludes halogenated alkanes) is 10. The van der Waals surface area contributed by atoms with Crippen LogP contribution in [-0.2, 0) is 19.1 Å². The summed E-state index contributed by atoms with van der Waals surface area (Å²) in [5, 5.41) is 8.60. The molecule has 0 saturated heterocycles. The molecule has 0 heterocycles. The van der Waals surface area contributed by atoms with Crippen LogP contribution >= 0.6 is 0 Å². The average Bonchev–Trinajstić information content (AvgIpc) is 2.57. The summed E-state index contributed by atoms with van der Waals surface area (Å²) in [4.78, 5) is 33.4. The molecular formula is C19H37K2NO5. The van der Waals surface area contributed by atoms with Gasteiger partial charge in [-0.3, -0.25) is 14.4 Å². The number of aliphatic carboxylic acids is 1. The van der Waals surface area contributed by atoms with E-state index in [-0.39, 0.29) is 125 Å². The molecule has 0 amide bonds. The molecule has 0 rings (SSSR count). The molecule has 0 unspecified atom stereocenters. The summed E-state index contributed by atoms with van der Waals surface area (Å²) in [5.41, 5.74) is 5.28. The Morgan fingerprint density at radius 3 is 1.67 bits per heavy atom. The third-order valence-corrected chi connectivity index (χ3v) is 4.19. The molecule has 0 aliphatic heterocycles. The fourth-order valence-corrected chi connectivity index (χ4v) is 2.56. The average molecular weight is 438 g/mol. The molecule has 0 aromatic rings. The van der Waals surface area contributed by atoms with Crippen LogP contribution in [0.4, 0.5) is 0 Å². The first-order chi connectivity index (χ1) is 12.0. The van der Waals surface area contributed by atoms with Crippen molar-refractivity contribution in [3.05, 3.63) is 0 Å². The molecule has 0 aromatic carbocycles. The Morgan fingerprint density at radius 1 is 0.815 bits per heavy atom. The zero-order chi connectivity index (χ0) is 18.9. The van der Waals surface area contributed by atoms with E-state index in [1.165, 1.54) is 51.4 Å². The van der Waals surface area contributed by atoms with Crippen molar-refractivity contribution in [1.29, 1.82) is 0 Å². The Morgan fingerprint density at radius 2 is 1.22 bits per heavy atom. The minimum atomic E-state index is -1.17. The number of esters is 2. The Balaban J connectivity index is -0.000000480. The molecule has 6 nitrogen and oxygen atoms in total. The largest absolute Gasteiger partial charge is 1.00 e. The van der Waals surface area contributed by atoms with Gasteiger partial charge in [0.2, 0.25) is 0 Å². The molecule has 8 heteroatoms. The van der Waals surface area contributed by atoms with Gasteiger partial charge in [0, 0.05) is 12.8 Å². The summed E-state index contributed by atoms with van der Waals surface area (Å²) in [5.74, 6) is -2.41. The van der Waals surface area contributed by atoms with Gasteiger partial charge in [-0.25, -0.2) is 0 Å². The number of hydrogen-bond acceptors (Lipinski definition) is 5. The van der Waals surface area contributed by atoms with Crippen molar-refractivity contribution >= 4 is 17.9 Å². The predicted molar refractivity (Wildman–Crippen MR) is 99.2 cm³/mol. The molecule has 150 valence electrons. The normalized spacial score (nSPS) is 11.0. The Hall–Kier alpha value is 1.84. The first-order valence-corrected chi connectivity index (χ1v) is 9.69. The summed E-state index contributed by atoms with van der Waals surface area (Å²) in [6.07, 6.45) is 13.2. The summed E-state index contributed by atoms with van der Waals surface area (Å²) in [6, 6.07) is -1.10. The molecule has 0 aliphatic carbocycles. The zero-order valence-corrected chi connectivity index (χ0v) is 23.9. The van der Waals surface area contributed by atoms with E-state index < -0.39 is 23.9 Å². The quantitative estimate of drug-likeness (QED) is 0.127. The molecule has 0 spiro atoms. The van der Waals surface area contributed by atoms with Crippen molar-refractivity contribution in [2.45, 2.75) is 103 Å². The van der Waals surface area contributed by atoms with Crippen molar-refractivity contribution in [2.24, 2.45) is 5.73 Å². The van der Waals surface area contributed by atoms with Crippen LogP contribution in [0.5, 0.6) is 0 Å². The Bertz CT molecular complexity index is 405. The van der Waals surface area contributed by atoms with Crippen LogP contribution in [0, 0.1) is 0 Å². The molecule has 0 radical (unpaired) electrons. The SMILES string of the molecule is CCCCCCCCCCCCCC(=O)OC(=O)CC[C@H](N)C(=O)O.[H-].[H-].[K+].[K+]. The van der Waals surface area contributed by atoms with Gasteiger partial charge in [0.1, 0.15) is 6.04 Å². The molecule has 1 atom stereocenters. The number of carboxylic acid groups (broad SMARTS) is 1. The van der Waals surface area contributed by atoms with E-state index in [4.69, 9.17) is 10.8 Å². The molecular weight excluding hydrogens is 400 g/mol. The van der Waals surface area contributed by atoms with Gasteiger partial charge in [0.05, 0.1) is 0 Å². The van der Waals surface area contributed by atoms with E-state index in [0.29, 0.717) is 0 Å². The topological polar surface area (TPSA) is 107 Å². The molecule has 0 aliphatic rings. The van der Waals surface area contributed by atoms with Crippen molar-refractivity contribution < 1.29 is 130 Å². The maximum Gasteiger partial charge on any atom is 1.00 e. The molecule has 3 N–H and O–H groups in total. The van der Waals surface area contributed by atoms with Gasteiger partial charge in [0.15, 0.2) is 0 Å². The molecule has 27 heavy (non-hydrogen) atoms. The summed E-state index contributed by atoms with van der Waals surface area (Å²) >= 11 is 0. The number of carbonyl (C=O) groups excluding carboxylic acids is 2. The van der Waals surface area contributed by atoms with E-state index in [9.17, 15) is 14.4 Å². The van der Waals surface area contributed by atoms with Gasteiger partial charge in [-0.15, -0.1) is 0 Å². The minimum Gasteiger partial charge on any atom is -1.00 e. The summed E-state index contributed by atoms with van der Waals surface area (Å²) in [7, 11) is 0. The molecule has 0 fully saturated rings. The third-order valence-electron chi connectivity index (χ3n) is 4.19. The van der Waals surface area contributed by atoms with Crippen LogP contribution in [0.2, 0.25) is 0 Å². The predicted octanol–water partition coefficient (Wildman–Crippen LogP) is -1.82. The number of carbonyl (C=O) groups is 3. The van der Waals surface area contributed by atoms with Crippen LogP contribution in [-0.4, -0.2) is 29.1 Å². The first kappa shape index (κ1) is 33.5. The molecule has 0 saturated carbocycles. The van der Waals surface area contributed by atoms with Crippen molar-refractivity contribution in [3.8, 4) is 0 Å². The standard InChI is InChI=1S/C19H35NO5.2K.2H/c1-2-3-4-5-6-7-8-9-10-11-12-13-17(21)25-18(22)15-14-16(20)19(23)24;;;;/h16H,2-15,20H2,1H3,(H,23,24);;;;/q;2*+1;2*-1/t16-;;;;/m0..../s1. The fourth-order valence-electron chi connectivity index (χ4n) is 2.56.